The average molecular weight is 340 g/mol. The van der Waals surface area contributed by atoms with Gasteiger partial charge < -0.3 is 5.32 Å². The Balaban J connectivity index is 2.64. The predicted molar refractivity (Wildman–Crippen MR) is 84.8 cm³/mol. The van der Waals surface area contributed by atoms with Crippen molar-refractivity contribution in [2.24, 2.45) is 0 Å². The Morgan fingerprint density at radius 1 is 1.20 bits per heavy atom. The van der Waals surface area contributed by atoms with Crippen LogP contribution in [0.15, 0.2) is 18.2 Å². The first kappa shape index (κ1) is 17.5. The molecule has 0 bridgehead atoms. The molecule has 0 unspecified atom stereocenters. The first-order chi connectivity index (χ1) is 9.35. The quantitative estimate of drug-likeness (QED) is 0.715. The molecular formula is C12H19Cl2N3O2S. The van der Waals surface area contributed by atoms with E-state index in [0.717, 1.165) is 19.5 Å². The van der Waals surface area contributed by atoms with Gasteiger partial charge >= 0.3 is 10.2 Å². The van der Waals surface area contributed by atoms with Gasteiger partial charge in [-0.1, -0.05) is 30.1 Å². The summed E-state index contributed by atoms with van der Waals surface area (Å²) in [6, 6.07) is 4.57. The molecule has 0 aliphatic carbocycles. The van der Waals surface area contributed by atoms with Crippen LogP contribution in [0.3, 0.4) is 0 Å². The van der Waals surface area contributed by atoms with E-state index in [1.54, 1.807) is 6.07 Å². The summed E-state index contributed by atoms with van der Waals surface area (Å²) in [7, 11) is -2.07. The maximum Gasteiger partial charge on any atom is 0.301 e. The number of hydrogen-bond acceptors (Lipinski definition) is 3. The first-order valence-corrected chi connectivity index (χ1v) is 8.45. The highest BCUT2D eigenvalue weighted by Gasteiger charge is 2.17. The van der Waals surface area contributed by atoms with Crippen LogP contribution in [0.4, 0.5) is 5.69 Å². The third kappa shape index (κ3) is 5.85. The van der Waals surface area contributed by atoms with E-state index < -0.39 is 10.2 Å². The maximum absolute atomic E-state index is 12.1. The van der Waals surface area contributed by atoms with Crippen LogP contribution in [0, 0.1) is 0 Å². The van der Waals surface area contributed by atoms with Crippen molar-refractivity contribution >= 4 is 39.1 Å². The van der Waals surface area contributed by atoms with E-state index in [9.17, 15) is 8.42 Å². The van der Waals surface area contributed by atoms with Gasteiger partial charge in [0.15, 0.2) is 0 Å². The highest BCUT2D eigenvalue weighted by Crippen LogP contribution is 2.23. The summed E-state index contributed by atoms with van der Waals surface area (Å²) in [6.07, 6.45) is 0.738. The number of rotatable bonds is 8. The molecule has 0 spiro atoms. The van der Waals surface area contributed by atoms with Gasteiger partial charge in [0.2, 0.25) is 0 Å². The molecule has 114 valence electrons. The highest BCUT2D eigenvalue weighted by atomic mass is 35.5. The number of nitrogens with one attached hydrogen (secondary N) is 2. The summed E-state index contributed by atoms with van der Waals surface area (Å²) >= 11 is 11.7. The van der Waals surface area contributed by atoms with Crippen molar-refractivity contribution in [1.29, 1.82) is 0 Å². The Bertz CT molecular complexity index is 517. The minimum absolute atomic E-state index is 0.348. The van der Waals surface area contributed by atoms with Gasteiger partial charge in [0, 0.05) is 23.6 Å². The van der Waals surface area contributed by atoms with Crippen molar-refractivity contribution < 1.29 is 8.42 Å². The number of benzene rings is 1. The van der Waals surface area contributed by atoms with Crippen LogP contribution in [0.5, 0.6) is 0 Å². The van der Waals surface area contributed by atoms with Crippen LogP contribution >= 0.6 is 23.2 Å². The molecule has 0 aromatic heterocycles. The Kier molecular flexibility index (Phi) is 7.05. The molecule has 0 heterocycles. The smallest absolute Gasteiger partial charge is 0.301 e. The van der Waals surface area contributed by atoms with Crippen LogP contribution in [0.25, 0.3) is 0 Å². The lowest BCUT2D eigenvalue weighted by molar-refractivity contribution is 0.459. The molecule has 1 aromatic carbocycles. The molecule has 8 heteroatoms. The van der Waals surface area contributed by atoms with Crippen molar-refractivity contribution in [3.05, 3.63) is 28.2 Å². The largest absolute Gasteiger partial charge is 0.317 e. The predicted octanol–water partition coefficient (Wildman–Crippen LogP) is 2.58. The molecule has 1 aromatic rings. The molecule has 0 radical (unpaired) electrons. The minimum atomic E-state index is -3.60. The molecule has 1 rings (SSSR count). The monoisotopic (exact) mass is 339 g/mol. The topological polar surface area (TPSA) is 61.4 Å². The molecule has 5 nitrogen and oxygen atoms in total. The van der Waals surface area contributed by atoms with E-state index in [-0.39, 0.29) is 0 Å². The van der Waals surface area contributed by atoms with Crippen molar-refractivity contribution in [3.8, 4) is 0 Å². The molecule has 20 heavy (non-hydrogen) atoms. The van der Waals surface area contributed by atoms with Crippen LogP contribution in [0.1, 0.15) is 13.3 Å². The van der Waals surface area contributed by atoms with E-state index in [1.807, 2.05) is 6.92 Å². The Hall–Kier alpha value is -0.530. The third-order valence-corrected chi connectivity index (χ3v) is 4.53. The first-order valence-electron chi connectivity index (χ1n) is 6.26. The van der Waals surface area contributed by atoms with Gasteiger partial charge in [-0.3, -0.25) is 4.72 Å². The molecular weight excluding hydrogens is 321 g/mol. The van der Waals surface area contributed by atoms with Crippen molar-refractivity contribution in [2.45, 2.75) is 13.3 Å². The molecule has 0 aliphatic rings. The third-order valence-electron chi connectivity index (χ3n) is 2.60. The zero-order valence-electron chi connectivity index (χ0n) is 11.5. The molecule has 0 aliphatic heterocycles. The number of nitrogens with zero attached hydrogens (tertiary/aromatic N) is 1. The fourth-order valence-electron chi connectivity index (χ4n) is 1.56. The minimum Gasteiger partial charge on any atom is -0.317 e. The van der Waals surface area contributed by atoms with Crippen LogP contribution in [-0.4, -0.2) is 39.4 Å². The SMILES string of the molecule is CCNCCCN(C)S(=O)(=O)Nc1cc(Cl)cc(Cl)c1. The number of anilines is 1. The summed E-state index contributed by atoms with van der Waals surface area (Å²) in [5.74, 6) is 0. The van der Waals surface area contributed by atoms with Gasteiger partial charge in [-0.05, 0) is 37.7 Å². The second-order valence-electron chi connectivity index (χ2n) is 4.29. The average Bonchev–Trinajstić information content (AvgIpc) is 2.32. The lowest BCUT2D eigenvalue weighted by atomic mass is 10.3. The fourth-order valence-corrected chi connectivity index (χ4v) is 3.03. The number of halogens is 2. The van der Waals surface area contributed by atoms with E-state index in [0.29, 0.717) is 22.3 Å². The Morgan fingerprint density at radius 3 is 2.35 bits per heavy atom. The molecule has 0 fully saturated rings. The van der Waals surface area contributed by atoms with Gasteiger partial charge in [0.1, 0.15) is 0 Å². The van der Waals surface area contributed by atoms with E-state index in [2.05, 4.69) is 10.0 Å². The van der Waals surface area contributed by atoms with Gasteiger partial charge in [-0.25, -0.2) is 0 Å². The van der Waals surface area contributed by atoms with Crippen molar-refractivity contribution in [3.63, 3.8) is 0 Å². The molecule has 0 amide bonds. The maximum atomic E-state index is 12.1. The molecule has 0 atom stereocenters. The van der Waals surface area contributed by atoms with E-state index >= 15 is 0 Å². The van der Waals surface area contributed by atoms with Crippen LogP contribution in [-0.2, 0) is 10.2 Å². The van der Waals surface area contributed by atoms with Crippen molar-refractivity contribution in [1.82, 2.24) is 9.62 Å². The van der Waals surface area contributed by atoms with Crippen LogP contribution < -0.4 is 10.0 Å². The lowest BCUT2D eigenvalue weighted by Gasteiger charge is -2.18. The highest BCUT2D eigenvalue weighted by molar-refractivity contribution is 7.90. The normalized spacial score (nSPS) is 11.8. The summed E-state index contributed by atoms with van der Waals surface area (Å²) < 4.78 is 27.9. The summed E-state index contributed by atoms with van der Waals surface area (Å²) in [6.45, 7) is 4.08. The summed E-state index contributed by atoms with van der Waals surface area (Å²) in [4.78, 5) is 0. The van der Waals surface area contributed by atoms with E-state index in [4.69, 9.17) is 23.2 Å². The zero-order chi connectivity index (χ0) is 15.2. The number of hydrogen-bond donors (Lipinski definition) is 2. The van der Waals surface area contributed by atoms with Gasteiger partial charge in [0.25, 0.3) is 0 Å². The fraction of sp³-hybridized carbons (Fsp3) is 0.500. The summed E-state index contributed by atoms with van der Waals surface area (Å²) in [5, 5.41) is 3.90. The Morgan fingerprint density at radius 2 is 1.80 bits per heavy atom. The van der Waals surface area contributed by atoms with E-state index in [1.165, 1.54) is 23.5 Å². The zero-order valence-corrected chi connectivity index (χ0v) is 13.8. The van der Waals surface area contributed by atoms with Crippen LogP contribution in [0.2, 0.25) is 10.0 Å². The lowest BCUT2D eigenvalue weighted by Crippen LogP contribution is -2.34. The second-order valence-corrected chi connectivity index (χ2v) is 6.94. The molecule has 0 saturated carbocycles. The molecule has 0 saturated heterocycles. The second kappa shape index (κ2) is 8.05. The van der Waals surface area contributed by atoms with Crippen molar-refractivity contribution in [2.75, 3.05) is 31.4 Å². The van der Waals surface area contributed by atoms with Gasteiger partial charge in [-0.15, -0.1) is 0 Å². The van der Waals surface area contributed by atoms with Gasteiger partial charge in [-0.2, -0.15) is 12.7 Å². The van der Waals surface area contributed by atoms with Gasteiger partial charge in [0.05, 0.1) is 5.69 Å². The summed E-state index contributed by atoms with van der Waals surface area (Å²) in [5.41, 5.74) is 0.348. The molecule has 2 N–H and O–H groups in total. The Labute approximate surface area is 130 Å². The standard InChI is InChI=1S/C12H19Cl2N3O2S/c1-3-15-5-4-6-17(2)20(18,19)16-12-8-10(13)7-11(14)9-12/h7-9,15-16H,3-6H2,1-2H3.